The zero-order chi connectivity index (χ0) is 23.7. The molecule has 2 saturated heterocycles. The van der Waals surface area contributed by atoms with Gasteiger partial charge in [0.1, 0.15) is 24.7 Å². The Balaban J connectivity index is 1.54. The quantitative estimate of drug-likeness (QED) is 0.391. The number of aromatic hydroxyl groups is 1. The highest BCUT2D eigenvalue weighted by Gasteiger charge is 2.46. The molecule has 0 unspecified atom stereocenters. The summed E-state index contributed by atoms with van der Waals surface area (Å²) in [6.45, 7) is 4.42. The standard InChI is InChI=1S/C25H26N2O7/c28-18-3-1-2-16(14-18)22-21(23(29)17-4-5-19-20(15-17)34-13-12-33-19)24(30)25(31)27(22)7-6-26-8-10-32-11-9-26/h1-5,14-15,22,28-29H,6-13H2/t22-/m0/s1. The average molecular weight is 466 g/mol. The van der Waals surface area contributed by atoms with Gasteiger partial charge in [0, 0.05) is 31.7 Å². The van der Waals surface area contributed by atoms with Gasteiger partial charge in [-0.25, -0.2) is 0 Å². The number of carbonyl (C=O) groups excluding carboxylic acids is 2. The minimum Gasteiger partial charge on any atom is -0.508 e. The Hall–Kier alpha value is -3.56. The minimum absolute atomic E-state index is 0.00981. The number of hydrogen-bond donors (Lipinski definition) is 2. The summed E-state index contributed by atoms with van der Waals surface area (Å²) >= 11 is 0. The Morgan fingerprint density at radius 2 is 1.71 bits per heavy atom. The van der Waals surface area contributed by atoms with Crippen LogP contribution in [0.3, 0.4) is 0 Å². The number of phenols is 1. The van der Waals surface area contributed by atoms with Crippen LogP contribution in [-0.2, 0) is 14.3 Å². The van der Waals surface area contributed by atoms with Crippen molar-refractivity contribution in [2.45, 2.75) is 6.04 Å². The molecule has 178 valence electrons. The maximum Gasteiger partial charge on any atom is 0.295 e. The number of aliphatic hydroxyl groups is 1. The van der Waals surface area contributed by atoms with Gasteiger partial charge >= 0.3 is 0 Å². The van der Waals surface area contributed by atoms with Crippen molar-refractivity contribution in [1.82, 2.24) is 9.80 Å². The molecule has 0 saturated carbocycles. The van der Waals surface area contributed by atoms with Crippen molar-refractivity contribution in [2.24, 2.45) is 0 Å². The van der Waals surface area contributed by atoms with Gasteiger partial charge in [-0.2, -0.15) is 0 Å². The van der Waals surface area contributed by atoms with Crippen molar-refractivity contribution < 1.29 is 34.0 Å². The lowest BCUT2D eigenvalue weighted by Crippen LogP contribution is -2.42. The first kappa shape index (κ1) is 22.2. The third kappa shape index (κ3) is 4.20. The lowest BCUT2D eigenvalue weighted by Gasteiger charge is -2.31. The molecule has 0 aliphatic carbocycles. The monoisotopic (exact) mass is 466 g/mol. The van der Waals surface area contributed by atoms with E-state index < -0.39 is 17.7 Å². The molecule has 34 heavy (non-hydrogen) atoms. The second-order valence-corrected chi connectivity index (χ2v) is 8.40. The molecule has 3 aliphatic rings. The molecule has 0 bridgehead atoms. The fraction of sp³-hybridized carbons (Fsp3) is 0.360. The topological polar surface area (TPSA) is 109 Å². The van der Waals surface area contributed by atoms with Gasteiger partial charge in [-0.05, 0) is 35.9 Å². The zero-order valence-electron chi connectivity index (χ0n) is 18.6. The smallest absolute Gasteiger partial charge is 0.295 e. The molecule has 2 N–H and O–H groups in total. The molecule has 2 aromatic rings. The average Bonchev–Trinajstić information content (AvgIpc) is 3.12. The molecule has 0 radical (unpaired) electrons. The summed E-state index contributed by atoms with van der Waals surface area (Å²) in [5, 5.41) is 21.3. The molecule has 2 fully saturated rings. The molecule has 5 rings (SSSR count). The molecule has 0 spiro atoms. The Morgan fingerprint density at radius 3 is 2.47 bits per heavy atom. The van der Waals surface area contributed by atoms with E-state index in [4.69, 9.17) is 14.2 Å². The molecular formula is C25H26N2O7. The number of amides is 1. The number of ether oxygens (including phenoxy) is 3. The largest absolute Gasteiger partial charge is 0.508 e. The van der Waals surface area contributed by atoms with Crippen LogP contribution in [-0.4, -0.2) is 84.3 Å². The summed E-state index contributed by atoms with van der Waals surface area (Å²) in [5.74, 6) is -0.708. The summed E-state index contributed by atoms with van der Waals surface area (Å²) in [5.41, 5.74) is 0.870. The molecule has 0 aromatic heterocycles. The first-order valence-corrected chi connectivity index (χ1v) is 11.3. The number of likely N-dealkylation sites (tertiary alicyclic amines) is 1. The van der Waals surface area contributed by atoms with E-state index in [0.29, 0.717) is 62.1 Å². The highest BCUT2D eigenvalue weighted by Crippen LogP contribution is 2.41. The van der Waals surface area contributed by atoms with Crippen LogP contribution in [0.5, 0.6) is 17.2 Å². The highest BCUT2D eigenvalue weighted by molar-refractivity contribution is 6.46. The fourth-order valence-electron chi connectivity index (χ4n) is 4.57. The van der Waals surface area contributed by atoms with Gasteiger partial charge in [0.25, 0.3) is 11.7 Å². The predicted octanol–water partition coefficient (Wildman–Crippen LogP) is 1.92. The SMILES string of the molecule is O=C1C(=O)N(CCN2CCOCC2)[C@@H](c2cccc(O)c2)C1=C(O)c1ccc2c(c1)OCCO2. The third-order valence-corrected chi connectivity index (χ3v) is 6.30. The summed E-state index contributed by atoms with van der Waals surface area (Å²) < 4.78 is 16.5. The molecule has 2 aromatic carbocycles. The van der Waals surface area contributed by atoms with Crippen LogP contribution < -0.4 is 9.47 Å². The van der Waals surface area contributed by atoms with Crippen LogP contribution in [0.2, 0.25) is 0 Å². The highest BCUT2D eigenvalue weighted by atomic mass is 16.6. The molecule has 3 aliphatic heterocycles. The van der Waals surface area contributed by atoms with Crippen molar-refractivity contribution in [2.75, 3.05) is 52.6 Å². The number of aliphatic hydroxyl groups excluding tert-OH is 1. The summed E-state index contributed by atoms with van der Waals surface area (Å²) in [6.07, 6.45) is 0. The molecule has 1 atom stereocenters. The molecule has 1 amide bonds. The van der Waals surface area contributed by atoms with Crippen LogP contribution in [0.15, 0.2) is 48.0 Å². The number of rotatable bonds is 5. The molecule has 3 heterocycles. The van der Waals surface area contributed by atoms with Crippen LogP contribution in [0.4, 0.5) is 0 Å². The van der Waals surface area contributed by atoms with Gasteiger partial charge in [0.15, 0.2) is 11.5 Å². The van der Waals surface area contributed by atoms with E-state index in [1.165, 1.54) is 17.0 Å². The normalized spacial score (nSPS) is 22.2. The van der Waals surface area contributed by atoms with Crippen molar-refractivity contribution in [3.63, 3.8) is 0 Å². The van der Waals surface area contributed by atoms with E-state index >= 15 is 0 Å². The summed E-state index contributed by atoms with van der Waals surface area (Å²) in [6, 6.07) is 10.5. The lowest BCUT2D eigenvalue weighted by molar-refractivity contribution is -0.140. The fourth-order valence-corrected chi connectivity index (χ4v) is 4.57. The number of carbonyl (C=O) groups is 2. The van der Waals surface area contributed by atoms with Crippen LogP contribution in [0.1, 0.15) is 17.2 Å². The Labute approximate surface area is 196 Å². The first-order valence-electron chi connectivity index (χ1n) is 11.3. The van der Waals surface area contributed by atoms with Gasteiger partial charge in [-0.15, -0.1) is 0 Å². The lowest BCUT2D eigenvalue weighted by atomic mass is 9.95. The van der Waals surface area contributed by atoms with Crippen LogP contribution in [0, 0.1) is 0 Å². The predicted molar refractivity (Wildman–Crippen MR) is 122 cm³/mol. The maximum absolute atomic E-state index is 13.2. The second kappa shape index (κ2) is 9.36. The van der Waals surface area contributed by atoms with E-state index in [1.54, 1.807) is 30.3 Å². The van der Waals surface area contributed by atoms with E-state index in [-0.39, 0.29) is 17.1 Å². The Bertz CT molecular complexity index is 1140. The Kier molecular flexibility index (Phi) is 6.12. The molecule has 9 nitrogen and oxygen atoms in total. The van der Waals surface area contributed by atoms with E-state index in [2.05, 4.69) is 4.90 Å². The number of morpholine rings is 1. The van der Waals surface area contributed by atoms with E-state index in [9.17, 15) is 19.8 Å². The van der Waals surface area contributed by atoms with Gasteiger partial charge in [0.05, 0.1) is 24.8 Å². The number of hydrogen-bond acceptors (Lipinski definition) is 8. The van der Waals surface area contributed by atoms with Crippen molar-refractivity contribution in [3.05, 3.63) is 59.2 Å². The van der Waals surface area contributed by atoms with E-state index in [0.717, 1.165) is 13.1 Å². The summed E-state index contributed by atoms with van der Waals surface area (Å²) in [4.78, 5) is 29.9. The number of phenolic OH excluding ortho intramolecular Hbond substituents is 1. The maximum atomic E-state index is 13.2. The van der Waals surface area contributed by atoms with Crippen LogP contribution in [0.25, 0.3) is 5.76 Å². The van der Waals surface area contributed by atoms with Crippen molar-refractivity contribution >= 4 is 17.4 Å². The number of nitrogens with zero attached hydrogens (tertiary/aromatic N) is 2. The minimum atomic E-state index is -0.832. The van der Waals surface area contributed by atoms with Gasteiger partial charge in [-0.1, -0.05) is 12.1 Å². The number of Topliss-reactive ketones (excluding diaryl/α,β-unsaturated/α-hetero) is 1. The van der Waals surface area contributed by atoms with Gasteiger partial charge < -0.3 is 29.3 Å². The second-order valence-electron chi connectivity index (χ2n) is 8.40. The zero-order valence-corrected chi connectivity index (χ0v) is 18.6. The van der Waals surface area contributed by atoms with Crippen molar-refractivity contribution in [1.29, 1.82) is 0 Å². The summed E-state index contributed by atoms with van der Waals surface area (Å²) in [7, 11) is 0. The number of benzene rings is 2. The Morgan fingerprint density at radius 1 is 0.941 bits per heavy atom. The third-order valence-electron chi connectivity index (χ3n) is 6.30. The van der Waals surface area contributed by atoms with Crippen LogP contribution >= 0.6 is 0 Å². The molecular weight excluding hydrogens is 440 g/mol. The van der Waals surface area contributed by atoms with E-state index in [1.807, 2.05) is 0 Å². The van der Waals surface area contributed by atoms with Gasteiger partial charge in [0.2, 0.25) is 0 Å². The van der Waals surface area contributed by atoms with Gasteiger partial charge in [-0.3, -0.25) is 14.5 Å². The first-order chi connectivity index (χ1) is 16.5. The molecule has 9 heteroatoms. The van der Waals surface area contributed by atoms with Crippen molar-refractivity contribution in [3.8, 4) is 17.2 Å². The number of ketones is 1. The number of fused-ring (bicyclic) bond motifs is 1.